The second kappa shape index (κ2) is 4.88. The summed E-state index contributed by atoms with van der Waals surface area (Å²) in [6.45, 7) is 2.30. The molecule has 0 aromatic heterocycles. The summed E-state index contributed by atoms with van der Waals surface area (Å²) in [4.78, 5) is 0. The molecular formula is C14H20O2. The van der Waals surface area contributed by atoms with Crippen molar-refractivity contribution in [3.05, 3.63) is 28.8 Å². The van der Waals surface area contributed by atoms with Crippen molar-refractivity contribution in [1.29, 1.82) is 0 Å². The maximum absolute atomic E-state index is 9.39. The lowest BCUT2D eigenvalue weighted by Gasteiger charge is -2.17. The van der Waals surface area contributed by atoms with E-state index < -0.39 is 0 Å². The molecular weight excluding hydrogens is 200 g/mol. The molecule has 88 valence electrons. The van der Waals surface area contributed by atoms with Crippen molar-refractivity contribution in [3.8, 4) is 5.75 Å². The molecule has 0 spiro atoms. The Morgan fingerprint density at radius 1 is 1.31 bits per heavy atom. The second-order valence-electron chi connectivity index (χ2n) is 4.50. The average molecular weight is 220 g/mol. The molecule has 0 amide bonds. The lowest BCUT2D eigenvalue weighted by atomic mass is 9.93. The van der Waals surface area contributed by atoms with Crippen LogP contribution in [0.2, 0.25) is 0 Å². The lowest BCUT2D eigenvalue weighted by Crippen LogP contribution is -2.06. The van der Waals surface area contributed by atoms with Crippen LogP contribution in [0.25, 0.3) is 0 Å². The molecule has 0 radical (unpaired) electrons. The van der Waals surface area contributed by atoms with Gasteiger partial charge in [-0.3, -0.25) is 0 Å². The van der Waals surface area contributed by atoms with Gasteiger partial charge in [-0.15, -0.1) is 0 Å². The first kappa shape index (κ1) is 11.5. The number of benzene rings is 1. The number of aryl methyl sites for hydroxylation is 2. The monoisotopic (exact) mass is 220 g/mol. The van der Waals surface area contributed by atoms with E-state index in [1.165, 1.54) is 36.0 Å². The smallest absolute Gasteiger partial charge is 0.122 e. The third-order valence-electron chi connectivity index (χ3n) is 3.60. The zero-order valence-electron chi connectivity index (χ0n) is 10.1. The summed E-state index contributed by atoms with van der Waals surface area (Å²) in [6.07, 6.45) is 4.54. The lowest BCUT2D eigenvalue weighted by molar-refractivity contribution is 0.259. The molecule has 2 nitrogen and oxygen atoms in total. The highest BCUT2D eigenvalue weighted by Gasteiger charge is 2.19. The molecule has 0 saturated heterocycles. The fraction of sp³-hybridized carbons (Fsp3) is 0.571. The minimum atomic E-state index is 0.200. The molecule has 0 aliphatic heterocycles. The molecule has 2 heteroatoms. The first-order valence-corrected chi connectivity index (χ1v) is 6.10. The van der Waals surface area contributed by atoms with Crippen molar-refractivity contribution in [2.24, 2.45) is 0 Å². The molecule has 1 N–H and O–H groups in total. The SMILES string of the molecule is CC[C@@H](CO)c1cc2c(cc1OC)CCC2. The number of aliphatic hydroxyl groups excluding tert-OH is 1. The Balaban J connectivity index is 2.42. The van der Waals surface area contributed by atoms with Crippen LogP contribution in [0.4, 0.5) is 0 Å². The minimum Gasteiger partial charge on any atom is -0.496 e. The van der Waals surface area contributed by atoms with Gasteiger partial charge in [0.15, 0.2) is 0 Å². The van der Waals surface area contributed by atoms with E-state index in [0.29, 0.717) is 0 Å². The maximum atomic E-state index is 9.39. The van der Waals surface area contributed by atoms with Gasteiger partial charge in [0.2, 0.25) is 0 Å². The average Bonchev–Trinajstić information content (AvgIpc) is 2.76. The van der Waals surface area contributed by atoms with Crippen LogP contribution in [0.1, 0.15) is 42.4 Å². The highest BCUT2D eigenvalue weighted by molar-refractivity contribution is 5.46. The topological polar surface area (TPSA) is 29.5 Å². The normalized spacial score (nSPS) is 15.9. The van der Waals surface area contributed by atoms with Crippen LogP contribution in [-0.4, -0.2) is 18.8 Å². The molecule has 0 heterocycles. The van der Waals surface area contributed by atoms with Crippen LogP contribution in [0.15, 0.2) is 12.1 Å². The number of methoxy groups -OCH3 is 1. The molecule has 1 aliphatic rings. The number of fused-ring (bicyclic) bond motifs is 1. The van der Waals surface area contributed by atoms with Crippen molar-refractivity contribution >= 4 is 0 Å². The van der Waals surface area contributed by atoms with Gasteiger partial charge < -0.3 is 9.84 Å². The van der Waals surface area contributed by atoms with Gasteiger partial charge in [0.25, 0.3) is 0 Å². The van der Waals surface area contributed by atoms with Gasteiger partial charge in [-0.25, -0.2) is 0 Å². The van der Waals surface area contributed by atoms with E-state index in [9.17, 15) is 5.11 Å². The van der Waals surface area contributed by atoms with E-state index in [4.69, 9.17) is 4.74 Å². The predicted octanol–water partition coefficient (Wildman–Crippen LogP) is 2.67. The van der Waals surface area contributed by atoms with Gasteiger partial charge in [-0.05, 0) is 48.4 Å². The summed E-state index contributed by atoms with van der Waals surface area (Å²) in [5.41, 5.74) is 4.05. The van der Waals surface area contributed by atoms with Gasteiger partial charge >= 0.3 is 0 Å². The van der Waals surface area contributed by atoms with E-state index in [2.05, 4.69) is 19.1 Å². The molecule has 0 bridgehead atoms. The van der Waals surface area contributed by atoms with Crippen molar-refractivity contribution in [2.75, 3.05) is 13.7 Å². The minimum absolute atomic E-state index is 0.200. The van der Waals surface area contributed by atoms with Crippen LogP contribution >= 0.6 is 0 Å². The Labute approximate surface area is 97.3 Å². The fourth-order valence-electron chi connectivity index (χ4n) is 2.56. The zero-order chi connectivity index (χ0) is 11.5. The van der Waals surface area contributed by atoms with E-state index >= 15 is 0 Å². The summed E-state index contributed by atoms with van der Waals surface area (Å²) in [5, 5.41) is 9.39. The third kappa shape index (κ3) is 1.94. The van der Waals surface area contributed by atoms with Gasteiger partial charge in [0.1, 0.15) is 5.75 Å². The second-order valence-corrected chi connectivity index (χ2v) is 4.50. The Kier molecular flexibility index (Phi) is 3.49. The summed E-state index contributed by atoms with van der Waals surface area (Å²) in [5.74, 6) is 1.16. The summed E-state index contributed by atoms with van der Waals surface area (Å²) in [7, 11) is 1.71. The first-order chi connectivity index (χ1) is 7.80. The van der Waals surface area contributed by atoms with E-state index in [-0.39, 0.29) is 12.5 Å². The molecule has 16 heavy (non-hydrogen) atoms. The summed E-state index contributed by atoms with van der Waals surface area (Å²) < 4.78 is 5.44. The van der Waals surface area contributed by atoms with Gasteiger partial charge in [0, 0.05) is 5.92 Å². The van der Waals surface area contributed by atoms with Gasteiger partial charge in [-0.2, -0.15) is 0 Å². The largest absolute Gasteiger partial charge is 0.496 e. The quantitative estimate of drug-likeness (QED) is 0.845. The number of ether oxygens (including phenoxy) is 1. The van der Waals surface area contributed by atoms with Crippen LogP contribution in [-0.2, 0) is 12.8 Å². The zero-order valence-corrected chi connectivity index (χ0v) is 10.1. The molecule has 1 atom stereocenters. The first-order valence-electron chi connectivity index (χ1n) is 6.10. The molecule has 0 unspecified atom stereocenters. The fourth-order valence-corrected chi connectivity index (χ4v) is 2.56. The van der Waals surface area contributed by atoms with E-state index in [1.807, 2.05) is 0 Å². The van der Waals surface area contributed by atoms with Crippen LogP contribution in [0, 0.1) is 0 Å². The van der Waals surface area contributed by atoms with Crippen molar-refractivity contribution in [2.45, 2.75) is 38.5 Å². The molecule has 1 aromatic carbocycles. The molecule has 1 aliphatic carbocycles. The maximum Gasteiger partial charge on any atom is 0.122 e. The standard InChI is InChI=1S/C14H20O2/c1-3-10(9-15)13-7-11-5-4-6-12(11)8-14(13)16-2/h7-8,10,15H,3-6,9H2,1-2H3/t10-/m0/s1. The van der Waals surface area contributed by atoms with E-state index in [1.54, 1.807) is 7.11 Å². The van der Waals surface area contributed by atoms with Crippen molar-refractivity contribution in [3.63, 3.8) is 0 Å². The molecule has 1 aromatic rings. The molecule has 0 fully saturated rings. The highest BCUT2D eigenvalue weighted by atomic mass is 16.5. The molecule has 2 rings (SSSR count). The highest BCUT2D eigenvalue weighted by Crippen LogP contribution is 2.35. The van der Waals surface area contributed by atoms with Gasteiger partial charge in [-0.1, -0.05) is 13.0 Å². The Bertz CT molecular complexity index is 367. The molecule has 0 saturated carbocycles. The van der Waals surface area contributed by atoms with Crippen LogP contribution in [0.5, 0.6) is 5.75 Å². The van der Waals surface area contributed by atoms with Gasteiger partial charge in [0.05, 0.1) is 13.7 Å². The third-order valence-corrected chi connectivity index (χ3v) is 3.60. The Hall–Kier alpha value is -1.02. The van der Waals surface area contributed by atoms with Crippen LogP contribution in [0.3, 0.4) is 0 Å². The number of aliphatic hydroxyl groups is 1. The number of rotatable bonds is 4. The van der Waals surface area contributed by atoms with Crippen molar-refractivity contribution < 1.29 is 9.84 Å². The van der Waals surface area contributed by atoms with E-state index in [0.717, 1.165) is 12.2 Å². The number of hydrogen-bond donors (Lipinski definition) is 1. The Morgan fingerprint density at radius 3 is 2.56 bits per heavy atom. The van der Waals surface area contributed by atoms with Crippen molar-refractivity contribution in [1.82, 2.24) is 0 Å². The summed E-state index contributed by atoms with van der Waals surface area (Å²) in [6, 6.07) is 4.40. The predicted molar refractivity (Wildman–Crippen MR) is 65.1 cm³/mol. The summed E-state index contributed by atoms with van der Waals surface area (Å²) >= 11 is 0. The number of hydrogen-bond acceptors (Lipinski definition) is 2. The Morgan fingerprint density at radius 2 is 2.00 bits per heavy atom. The van der Waals surface area contributed by atoms with Crippen LogP contribution < -0.4 is 4.74 Å².